The largest absolute Gasteiger partial charge is 0.380 e. The zero-order valence-corrected chi connectivity index (χ0v) is 14.7. The minimum Gasteiger partial charge on any atom is -0.380 e. The van der Waals surface area contributed by atoms with E-state index < -0.39 is 0 Å². The molecule has 0 bridgehead atoms. The number of hydrogen-bond donors (Lipinski definition) is 0. The lowest BCUT2D eigenvalue weighted by molar-refractivity contribution is 0.0549. The Morgan fingerprint density at radius 1 is 1.19 bits per heavy atom. The lowest BCUT2D eigenvalue weighted by Gasteiger charge is -2.23. The second-order valence-electron chi connectivity index (χ2n) is 4.31. The van der Waals surface area contributed by atoms with E-state index in [2.05, 4.69) is 15.9 Å². The molecule has 0 spiro atoms. The van der Waals surface area contributed by atoms with Crippen LogP contribution < -0.4 is 0 Å². The van der Waals surface area contributed by atoms with Crippen molar-refractivity contribution >= 4 is 33.4 Å². The third-order valence-electron chi connectivity index (χ3n) is 2.87. The smallest absolute Gasteiger partial charge is 0.255 e. The molecular weight excluding hydrogens is 358 g/mol. The van der Waals surface area contributed by atoms with Gasteiger partial charge >= 0.3 is 0 Å². The zero-order chi connectivity index (χ0) is 15.7. The molecule has 0 saturated carbocycles. The first-order valence-corrected chi connectivity index (χ1v) is 8.17. The summed E-state index contributed by atoms with van der Waals surface area (Å²) in [5.74, 6) is -0.0575. The van der Waals surface area contributed by atoms with Gasteiger partial charge in [-0.05, 0) is 48.0 Å². The van der Waals surface area contributed by atoms with E-state index >= 15 is 0 Å². The average molecular weight is 379 g/mol. The van der Waals surface area contributed by atoms with Crippen molar-refractivity contribution in [1.82, 2.24) is 4.90 Å². The predicted molar refractivity (Wildman–Crippen MR) is 88.0 cm³/mol. The summed E-state index contributed by atoms with van der Waals surface area (Å²) in [6, 6.07) is 5.16. The molecule has 21 heavy (non-hydrogen) atoms. The van der Waals surface area contributed by atoms with Gasteiger partial charge in [-0.2, -0.15) is 0 Å². The van der Waals surface area contributed by atoms with Crippen LogP contribution >= 0.6 is 27.5 Å². The molecule has 1 amide bonds. The summed E-state index contributed by atoms with van der Waals surface area (Å²) in [4.78, 5) is 14.3. The van der Waals surface area contributed by atoms with Gasteiger partial charge in [0, 0.05) is 35.8 Å². The van der Waals surface area contributed by atoms with E-state index in [0.717, 1.165) is 0 Å². The number of nitrogens with zero attached hydrogens (tertiary/aromatic N) is 1. The van der Waals surface area contributed by atoms with Gasteiger partial charge in [-0.1, -0.05) is 11.6 Å². The number of carbonyl (C=O) groups excluding carboxylic acids is 1. The maximum Gasteiger partial charge on any atom is 0.255 e. The number of amides is 1. The fraction of sp³-hybridized carbons (Fsp3) is 0.533. The first-order chi connectivity index (χ1) is 10.1. The molecule has 1 aromatic rings. The number of carbonyl (C=O) groups is 1. The van der Waals surface area contributed by atoms with Crippen LogP contribution in [0.5, 0.6) is 0 Å². The summed E-state index contributed by atoms with van der Waals surface area (Å²) in [5.41, 5.74) is 0.590. The highest BCUT2D eigenvalue weighted by molar-refractivity contribution is 9.10. The molecule has 0 aliphatic heterocycles. The molecule has 0 aliphatic carbocycles. The standard InChI is InChI=1S/C15H21BrClNO3/c1-3-20-9-7-18(8-10-21-4-2)15(19)13-6-5-12(17)11-14(13)16/h5-6,11H,3-4,7-10H2,1-2H3. The highest BCUT2D eigenvalue weighted by Gasteiger charge is 2.18. The van der Waals surface area contributed by atoms with Crippen molar-refractivity contribution < 1.29 is 14.3 Å². The minimum atomic E-state index is -0.0575. The van der Waals surface area contributed by atoms with Crippen molar-refractivity contribution in [2.75, 3.05) is 39.5 Å². The predicted octanol–water partition coefficient (Wildman–Crippen LogP) is 3.62. The number of rotatable bonds is 9. The van der Waals surface area contributed by atoms with Crippen molar-refractivity contribution in [2.24, 2.45) is 0 Å². The van der Waals surface area contributed by atoms with Gasteiger partial charge in [0.05, 0.1) is 18.8 Å². The number of halogens is 2. The Labute approximate surface area is 139 Å². The highest BCUT2D eigenvalue weighted by atomic mass is 79.9. The fourth-order valence-corrected chi connectivity index (χ4v) is 2.64. The maximum absolute atomic E-state index is 12.6. The SMILES string of the molecule is CCOCCN(CCOCC)C(=O)c1ccc(Cl)cc1Br. The van der Waals surface area contributed by atoms with Crippen LogP contribution in [0.15, 0.2) is 22.7 Å². The van der Waals surface area contributed by atoms with E-state index in [9.17, 15) is 4.79 Å². The Hall–Kier alpha value is -0.620. The van der Waals surface area contributed by atoms with Gasteiger partial charge in [0.25, 0.3) is 5.91 Å². The zero-order valence-electron chi connectivity index (χ0n) is 12.4. The van der Waals surface area contributed by atoms with Gasteiger partial charge in [-0.3, -0.25) is 4.79 Å². The van der Waals surface area contributed by atoms with Crippen LogP contribution in [-0.2, 0) is 9.47 Å². The Morgan fingerprint density at radius 3 is 2.24 bits per heavy atom. The van der Waals surface area contributed by atoms with Crippen LogP contribution in [0.1, 0.15) is 24.2 Å². The van der Waals surface area contributed by atoms with E-state index in [1.807, 2.05) is 13.8 Å². The molecule has 0 atom stereocenters. The van der Waals surface area contributed by atoms with Gasteiger partial charge in [-0.25, -0.2) is 0 Å². The van der Waals surface area contributed by atoms with Crippen molar-refractivity contribution in [3.05, 3.63) is 33.3 Å². The third-order valence-corrected chi connectivity index (χ3v) is 3.76. The molecule has 1 rings (SSSR count). The van der Waals surface area contributed by atoms with Crippen molar-refractivity contribution in [2.45, 2.75) is 13.8 Å². The van der Waals surface area contributed by atoms with Gasteiger partial charge in [0.2, 0.25) is 0 Å². The lowest BCUT2D eigenvalue weighted by atomic mass is 10.2. The summed E-state index contributed by atoms with van der Waals surface area (Å²) in [5, 5.41) is 0.591. The molecule has 0 fully saturated rings. The molecule has 0 unspecified atom stereocenters. The van der Waals surface area contributed by atoms with Gasteiger partial charge in [0.1, 0.15) is 0 Å². The van der Waals surface area contributed by atoms with Gasteiger partial charge < -0.3 is 14.4 Å². The fourth-order valence-electron chi connectivity index (χ4n) is 1.79. The lowest BCUT2D eigenvalue weighted by Crippen LogP contribution is -2.37. The average Bonchev–Trinajstić information content (AvgIpc) is 2.45. The summed E-state index contributed by atoms with van der Waals surface area (Å²) in [6.45, 7) is 7.24. The van der Waals surface area contributed by atoms with Crippen LogP contribution in [0.4, 0.5) is 0 Å². The van der Waals surface area contributed by atoms with E-state index in [-0.39, 0.29) is 5.91 Å². The molecule has 0 aromatic heterocycles. The molecule has 4 nitrogen and oxygen atoms in total. The highest BCUT2D eigenvalue weighted by Crippen LogP contribution is 2.22. The first kappa shape index (κ1) is 18.4. The van der Waals surface area contributed by atoms with Gasteiger partial charge in [0.15, 0.2) is 0 Å². The Kier molecular flexibility index (Phi) is 8.92. The summed E-state index contributed by atoms with van der Waals surface area (Å²) < 4.78 is 11.4. The second kappa shape index (κ2) is 10.2. The Bertz CT molecular complexity index is 447. The molecule has 118 valence electrons. The topological polar surface area (TPSA) is 38.8 Å². The van der Waals surface area contributed by atoms with E-state index in [4.69, 9.17) is 21.1 Å². The number of hydrogen-bond acceptors (Lipinski definition) is 3. The Balaban J connectivity index is 2.76. The number of ether oxygens (including phenoxy) is 2. The van der Waals surface area contributed by atoms with Crippen molar-refractivity contribution in [3.63, 3.8) is 0 Å². The molecule has 1 aromatic carbocycles. The van der Waals surface area contributed by atoms with Crippen molar-refractivity contribution in [3.8, 4) is 0 Å². The summed E-state index contributed by atoms with van der Waals surface area (Å²) in [7, 11) is 0. The second-order valence-corrected chi connectivity index (χ2v) is 5.60. The molecule has 6 heteroatoms. The molecule has 0 heterocycles. The molecule has 0 N–H and O–H groups in total. The first-order valence-electron chi connectivity index (χ1n) is 7.00. The van der Waals surface area contributed by atoms with Gasteiger partial charge in [-0.15, -0.1) is 0 Å². The number of benzene rings is 1. The van der Waals surface area contributed by atoms with E-state index in [0.29, 0.717) is 54.6 Å². The normalized spacial score (nSPS) is 10.7. The Morgan fingerprint density at radius 2 is 1.76 bits per heavy atom. The van der Waals surface area contributed by atoms with E-state index in [1.54, 1.807) is 23.1 Å². The van der Waals surface area contributed by atoms with Crippen LogP contribution in [0.2, 0.25) is 5.02 Å². The molecule has 0 saturated heterocycles. The molecule has 0 aliphatic rings. The maximum atomic E-state index is 12.6. The molecule has 0 radical (unpaired) electrons. The molecular formula is C15H21BrClNO3. The van der Waals surface area contributed by atoms with Crippen LogP contribution in [-0.4, -0.2) is 50.3 Å². The van der Waals surface area contributed by atoms with Crippen LogP contribution in [0, 0.1) is 0 Å². The monoisotopic (exact) mass is 377 g/mol. The van der Waals surface area contributed by atoms with Crippen LogP contribution in [0.25, 0.3) is 0 Å². The van der Waals surface area contributed by atoms with E-state index in [1.165, 1.54) is 0 Å². The summed E-state index contributed by atoms with van der Waals surface area (Å²) >= 11 is 9.30. The van der Waals surface area contributed by atoms with Crippen LogP contribution in [0.3, 0.4) is 0 Å². The third kappa shape index (κ3) is 6.34. The summed E-state index contributed by atoms with van der Waals surface area (Å²) in [6.07, 6.45) is 0. The minimum absolute atomic E-state index is 0.0575. The quantitative estimate of drug-likeness (QED) is 0.616. The van der Waals surface area contributed by atoms with Crippen molar-refractivity contribution in [1.29, 1.82) is 0 Å².